The van der Waals surface area contributed by atoms with E-state index in [0.29, 0.717) is 0 Å². The average Bonchev–Trinajstić information content (AvgIpc) is 2.97. The zero-order valence-electron chi connectivity index (χ0n) is 26.6. The Labute approximate surface area is 255 Å². The fraction of sp³-hybridized carbons (Fsp3) is 0.935. The van der Waals surface area contributed by atoms with E-state index >= 15 is 0 Å². The van der Waals surface area contributed by atoms with Crippen LogP contribution in [0.15, 0.2) is 11.6 Å². The van der Waals surface area contributed by atoms with Crippen LogP contribution in [-0.4, -0.2) is 110 Å². The van der Waals surface area contributed by atoms with Gasteiger partial charge in [-0.1, -0.05) is 19.9 Å². The van der Waals surface area contributed by atoms with Crippen LogP contribution in [0, 0.1) is 0 Å². The summed E-state index contributed by atoms with van der Waals surface area (Å²) in [6.07, 6.45) is 14.7. The number of nitrogens with one attached hydrogen (secondary N) is 8. The highest BCUT2D eigenvalue weighted by atomic mass is 32.1. The van der Waals surface area contributed by atoms with E-state index < -0.39 is 0 Å². The molecular formula is C31H70N8S. The van der Waals surface area contributed by atoms with Crippen LogP contribution in [0.25, 0.3) is 0 Å². The summed E-state index contributed by atoms with van der Waals surface area (Å²) in [6.45, 7) is 21.8. The molecule has 0 aliphatic carbocycles. The SMILES string of the molecule is CCNCCCCNCCCCNC/C=C(/CS)CNCCCCNCCCCNCCCNCCCNCC. The molecule has 0 aromatic carbocycles. The lowest BCUT2D eigenvalue weighted by Gasteiger charge is -2.09. The fourth-order valence-electron chi connectivity index (χ4n) is 4.29. The van der Waals surface area contributed by atoms with Gasteiger partial charge in [-0.2, -0.15) is 12.6 Å². The van der Waals surface area contributed by atoms with Gasteiger partial charge in [0.1, 0.15) is 0 Å². The molecule has 40 heavy (non-hydrogen) atoms. The van der Waals surface area contributed by atoms with Gasteiger partial charge in [-0.05, 0) is 161 Å². The minimum atomic E-state index is 0.830. The molecule has 0 rings (SSSR count). The van der Waals surface area contributed by atoms with Gasteiger partial charge in [0.2, 0.25) is 0 Å². The minimum Gasteiger partial charge on any atom is -0.317 e. The van der Waals surface area contributed by atoms with Gasteiger partial charge in [-0.25, -0.2) is 0 Å². The predicted molar refractivity (Wildman–Crippen MR) is 182 cm³/mol. The predicted octanol–water partition coefficient (Wildman–Crippen LogP) is 2.50. The van der Waals surface area contributed by atoms with Gasteiger partial charge < -0.3 is 42.5 Å². The molecule has 0 aromatic rings. The van der Waals surface area contributed by atoms with E-state index in [2.05, 4.69) is 75.1 Å². The van der Waals surface area contributed by atoms with Crippen molar-refractivity contribution < 1.29 is 0 Å². The van der Waals surface area contributed by atoms with Crippen LogP contribution in [0.2, 0.25) is 0 Å². The van der Waals surface area contributed by atoms with Gasteiger partial charge in [-0.15, -0.1) is 0 Å². The number of rotatable bonds is 35. The van der Waals surface area contributed by atoms with Crippen molar-refractivity contribution in [3.05, 3.63) is 11.6 Å². The summed E-state index contributed by atoms with van der Waals surface area (Å²) in [5.74, 6) is 0.830. The summed E-state index contributed by atoms with van der Waals surface area (Å²) in [4.78, 5) is 0. The molecule has 8 nitrogen and oxygen atoms in total. The zero-order valence-corrected chi connectivity index (χ0v) is 27.5. The second-order valence-corrected chi connectivity index (χ2v) is 11.0. The van der Waals surface area contributed by atoms with Crippen molar-refractivity contribution in [2.24, 2.45) is 0 Å². The maximum Gasteiger partial charge on any atom is 0.0173 e. The molecule has 0 spiro atoms. The Morgan fingerprint density at radius 2 is 0.750 bits per heavy atom. The molecule has 0 radical (unpaired) electrons. The third kappa shape index (κ3) is 34.0. The molecule has 0 heterocycles. The van der Waals surface area contributed by atoms with Crippen LogP contribution in [-0.2, 0) is 0 Å². The number of thiol groups is 1. The number of unbranched alkanes of at least 4 members (excludes halogenated alkanes) is 4. The number of hydrogen-bond donors (Lipinski definition) is 9. The second-order valence-electron chi connectivity index (χ2n) is 10.6. The normalized spacial score (nSPS) is 12.0. The van der Waals surface area contributed by atoms with Crippen molar-refractivity contribution in [3.63, 3.8) is 0 Å². The summed E-state index contributed by atoms with van der Waals surface area (Å²) in [6, 6.07) is 0. The lowest BCUT2D eigenvalue weighted by Crippen LogP contribution is -2.26. The van der Waals surface area contributed by atoms with Crippen LogP contribution in [0.4, 0.5) is 0 Å². The summed E-state index contributed by atoms with van der Waals surface area (Å²) in [7, 11) is 0. The Kier molecular flexibility index (Phi) is 36.6. The Hall–Kier alpha value is -0.230. The molecular weight excluding hydrogens is 516 g/mol. The lowest BCUT2D eigenvalue weighted by atomic mass is 10.2. The largest absolute Gasteiger partial charge is 0.317 e. The maximum absolute atomic E-state index is 4.51. The fourth-order valence-corrected chi connectivity index (χ4v) is 4.53. The average molecular weight is 587 g/mol. The molecule has 9 heteroatoms. The summed E-state index contributed by atoms with van der Waals surface area (Å²) in [5.41, 5.74) is 1.39. The van der Waals surface area contributed by atoms with E-state index in [1.54, 1.807) is 0 Å². The summed E-state index contributed by atoms with van der Waals surface area (Å²) >= 11 is 4.51. The molecule has 0 amide bonds. The van der Waals surface area contributed by atoms with Gasteiger partial charge in [-0.3, -0.25) is 0 Å². The Bertz CT molecular complexity index is 496. The van der Waals surface area contributed by atoms with Crippen molar-refractivity contribution >= 4 is 12.6 Å². The van der Waals surface area contributed by atoms with Crippen LogP contribution in [0.1, 0.15) is 78.1 Å². The van der Waals surface area contributed by atoms with Crippen LogP contribution in [0.3, 0.4) is 0 Å². The van der Waals surface area contributed by atoms with Crippen LogP contribution < -0.4 is 42.5 Å². The lowest BCUT2D eigenvalue weighted by molar-refractivity contribution is 0.542. The van der Waals surface area contributed by atoms with Gasteiger partial charge >= 0.3 is 0 Å². The first-order chi connectivity index (χ1) is 19.8. The van der Waals surface area contributed by atoms with E-state index in [1.807, 2.05) is 0 Å². The molecule has 0 aliphatic heterocycles. The first kappa shape index (κ1) is 39.8. The molecule has 0 aliphatic rings. The molecule has 240 valence electrons. The van der Waals surface area contributed by atoms with E-state index in [-0.39, 0.29) is 0 Å². The van der Waals surface area contributed by atoms with Crippen molar-refractivity contribution in [2.45, 2.75) is 78.1 Å². The Morgan fingerprint density at radius 1 is 0.425 bits per heavy atom. The smallest absolute Gasteiger partial charge is 0.0173 e. The van der Waals surface area contributed by atoms with Crippen molar-refractivity contribution in [2.75, 3.05) is 110 Å². The quantitative estimate of drug-likeness (QED) is 0.0318. The molecule has 0 unspecified atom stereocenters. The molecule has 0 atom stereocenters. The topological polar surface area (TPSA) is 96.2 Å². The van der Waals surface area contributed by atoms with E-state index in [0.717, 1.165) is 110 Å². The monoisotopic (exact) mass is 587 g/mol. The first-order valence-electron chi connectivity index (χ1n) is 16.8. The van der Waals surface area contributed by atoms with E-state index in [4.69, 9.17) is 0 Å². The second kappa shape index (κ2) is 36.8. The third-order valence-electron chi connectivity index (χ3n) is 6.83. The summed E-state index contributed by atoms with van der Waals surface area (Å²) in [5, 5.41) is 28.1. The van der Waals surface area contributed by atoms with Crippen LogP contribution >= 0.6 is 12.6 Å². The third-order valence-corrected chi connectivity index (χ3v) is 7.24. The Morgan fingerprint density at radius 3 is 1.15 bits per heavy atom. The highest BCUT2D eigenvalue weighted by Crippen LogP contribution is 1.96. The van der Waals surface area contributed by atoms with E-state index in [9.17, 15) is 0 Å². The standard InChI is InChI=1S/C31H70N8S/c1-3-32-16-5-6-17-34-19-9-10-22-38-28-15-31(30-40)29-39-23-12-11-20-35-18-7-8-21-36-26-14-27-37-25-13-24-33-4-2/h15,32-40H,3-14,16-30H2,1-2H3/b31-15+. The van der Waals surface area contributed by atoms with Gasteiger partial charge in [0.25, 0.3) is 0 Å². The molecule has 0 aromatic heterocycles. The number of hydrogen-bond acceptors (Lipinski definition) is 9. The zero-order chi connectivity index (χ0) is 29.0. The van der Waals surface area contributed by atoms with Crippen LogP contribution in [0.5, 0.6) is 0 Å². The van der Waals surface area contributed by atoms with Crippen molar-refractivity contribution in [3.8, 4) is 0 Å². The molecule has 0 saturated heterocycles. The first-order valence-corrected chi connectivity index (χ1v) is 17.4. The highest BCUT2D eigenvalue weighted by molar-refractivity contribution is 7.80. The molecule has 0 bridgehead atoms. The molecule has 0 saturated carbocycles. The summed E-state index contributed by atoms with van der Waals surface area (Å²) < 4.78 is 0. The Balaban J connectivity index is 3.30. The van der Waals surface area contributed by atoms with Gasteiger partial charge in [0, 0.05) is 18.8 Å². The van der Waals surface area contributed by atoms with Gasteiger partial charge in [0.05, 0.1) is 0 Å². The maximum atomic E-state index is 4.51. The van der Waals surface area contributed by atoms with Crippen molar-refractivity contribution in [1.29, 1.82) is 0 Å². The minimum absolute atomic E-state index is 0.830. The molecule has 8 N–H and O–H groups in total. The molecule has 0 fully saturated rings. The highest BCUT2D eigenvalue weighted by Gasteiger charge is 1.97. The van der Waals surface area contributed by atoms with E-state index in [1.165, 1.54) is 69.8 Å². The van der Waals surface area contributed by atoms with Crippen molar-refractivity contribution in [1.82, 2.24) is 42.5 Å². The van der Waals surface area contributed by atoms with Gasteiger partial charge in [0.15, 0.2) is 0 Å².